The molecule has 1 aromatic carbocycles. The lowest BCUT2D eigenvalue weighted by Crippen LogP contribution is -2.43. The van der Waals surface area contributed by atoms with E-state index in [9.17, 15) is 14.3 Å². The average Bonchev–Trinajstić information content (AvgIpc) is 2.92. The quantitative estimate of drug-likeness (QED) is 0.842. The van der Waals surface area contributed by atoms with E-state index in [1.165, 1.54) is 18.2 Å². The number of hydrogen-bond donors (Lipinski definition) is 2. The Balaban J connectivity index is 1.91. The zero-order chi connectivity index (χ0) is 17.0. The molecule has 0 saturated carbocycles. The molecular formula is C16H20FN3O3. The fraction of sp³-hybridized carbons (Fsp3) is 0.375. The predicted octanol–water partition coefficient (Wildman–Crippen LogP) is 1.35. The Kier molecular flexibility index (Phi) is 5.00. The maximum Gasteiger partial charge on any atom is 0.260 e. The Morgan fingerprint density at radius 3 is 2.91 bits per heavy atom. The standard InChI is InChI=1S/C16H20FN3O3/c1-11(23-14-6-4-5-13(17)7-14)15(21)18-10-16(2,22)12-8-19-20(3)9-12/h4-9,11,22H,10H2,1-3H3,(H,18,21). The van der Waals surface area contributed by atoms with E-state index in [1.807, 2.05) is 0 Å². The van der Waals surface area contributed by atoms with Gasteiger partial charge in [-0.1, -0.05) is 6.07 Å². The number of halogens is 1. The summed E-state index contributed by atoms with van der Waals surface area (Å²) in [5, 5.41) is 17.0. The summed E-state index contributed by atoms with van der Waals surface area (Å²) in [6, 6.07) is 5.57. The second kappa shape index (κ2) is 6.78. The molecular weight excluding hydrogens is 301 g/mol. The molecule has 2 atom stereocenters. The second-order valence-electron chi connectivity index (χ2n) is 5.61. The Hall–Kier alpha value is -2.41. The van der Waals surface area contributed by atoms with Crippen LogP contribution >= 0.6 is 0 Å². The van der Waals surface area contributed by atoms with E-state index in [4.69, 9.17) is 4.74 Å². The molecule has 2 rings (SSSR count). The Morgan fingerprint density at radius 1 is 1.57 bits per heavy atom. The van der Waals surface area contributed by atoms with E-state index in [0.29, 0.717) is 5.56 Å². The van der Waals surface area contributed by atoms with Crippen LogP contribution in [0.2, 0.25) is 0 Å². The SMILES string of the molecule is CC(Oc1cccc(F)c1)C(=O)NCC(C)(O)c1cnn(C)c1. The van der Waals surface area contributed by atoms with Crippen molar-refractivity contribution in [2.75, 3.05) is 6.54 Å². The van der Waals surface area contributed by atoms with Gasteiger partial charge in [0.1, 0.15) is 17.2 Å². The maximum atomic E-state index is 13.1. The third-order valence-electron chi connectivity index (χ3n) is 3.41. The van der Waals surface area contributed by atoms with Crippen LogP contribution in [-0.4, -0.2) is 33.4 Å². The summed E-state index contributed by atoms with van der Waals surface area (Å²) in [6.07, 6.45) is 2.40. The molecule has 0 bridgehead atoms. The van der Waals surface area contributed by atoms with E-state index < -0.39 is 23.4 Å². The summed E-state index contributed by atoms with van der Waals surface area (Å²) in [6.45, 7) is 3.15. The number of carbonyl (C=O) groups excluding carboxylic acids is 1. The van der Waals surface area contributed by atoms with Crippen molar-refractivity contribution < 1.29 is 19.0 Å². The van der Waals surface area contributed by atoms with Crippen LogP contribution < -0.4 is 10.1 Å². The highest BCUT2D eigenvalue weighted by atomic mass is 19.1. The molecule has 1 heterocycles. The van der Waals surface area contributed by atoms with Crippen LogP contribution in [-0.2, 0) is 17.4 Å². The van der Waals surface area contributed by atoms with Crippen molar-refractivity contribution in [1.82, 2.24) is 15.1 Å². The highest BCUT2D eigenvalue weighted by Gasteiger charge is 2.26. The first-order chi connectivity index (χ1) is 10.8. The first kappa shape index (κ1) is 17.0. The third-order valence-corrected chi connectivity index (χ3v) is 3.41. The zero-order valence-electron chi connectivity index (χ0n) is 13.3. The van der Waals surface area contributed by atoms with Gasteiger partial charge in [0.05, 0.1) is 12.7 Å². The lowest BCUT2D eigenvalue weighted by Gasteiger charge is -2.23. The molecule has 2 N–H and O–H groups in total. The number of rotatable bonds is 6. The van der Waals surface area contributed by atoms with Crippen LogP contribution in [0.4, 0.5) is 4.39 Å². The average molecular weight is 321 g/mol. The first-order valence-corrected chi connectivity index (χ1v) is 7.19. The van der Waals surface area contributed by atoms with E-state index >= 15 is 0 Å². The fourth-order valence-corrected chi connectivity index (χ4v) is 2.00. The number of benzene rings is 1. The van der Waals surface area contributed by atoms with Gasteiger partial charge in [-0.3, -0.25) is 9.48 Å². The van der Waals surface area contributed by atoms with Crippen LogP contribution in [0, 0.1) is 5.82 Å². The number of hydrogen-bond acceptors (Lipinski definition) is 4. The summed E-state index contributed by atoms with van der Waals surface area (Å²) in [4.78, 5) is 12.1. The van der Waals surface area contributed by atoms with Crippen molar-refractivity contribution in [3.8, 4) is 5.75 Å². The van der Waals surface area contributed by atoms with Gasteiger partial charge in [-0.2, -0.15) is 5.10 Å². The van der Waals surface area contributed by atoms with Gasteiger partial charge in [-0.15, -0.1) is 0 Å². The molecule has 0 radical (unpaired) electrons. The number of aryl methyl sites for hydroxylation is 1. The summed E-state index contributed by atoms with van der Waals surface area (Å²) in [7, 11) is 1.74. The van der Waals surface area contributed by atoms with Gasteiger partial charge in [0.15, 0.2) is 6.10 Å². The Morgan fingerprint density at radius 2 is 2.30 bits per heavy atom. The monoisotopic (exact) mass is 321 g/mol. The summed E-state index contributed by atoms with van der Waals surface area (Å²) >= 11 is 0. The molecule has 6 nitrogen and oxygen atoms in total. The van der Waals surface area contributed by atoms with Crippen LogP contribution in [0.5, 0.6) is 5.75 Å². The highest BCUT2D eigenvalue weighted by Crippen LogP contribution is 2.19. The molecule has 2 unspecified atom stereocenters. The fourth-order valence-electron chi connectivity index (χ4n) is 2.00. The van der Waals surface area contributed by atoms with Crippen molar-refractivity contribution in [3.63, 3.8) is 0 Å². The Bertz CT molecular complexity index is 685. The smallest absolute Gasteiger partial charge is 0.260 e. The number of aromatic nitrogens is 2. The summed E-state index contributed by atoms with van der Waals surface area (Å²) < 4.78 is 20.0. The van der Waals surface area contributed by atoms with Gasteiger partial charge in [0.25, 0.3) is 5.91 Å². The van der Waals surface area contributed by atoms with Crippen molar-refractivity contribution in [2.45, 2.75) is 25.6 Å². The molecule has 0 fully saturated rings. The molecule has 0 aliphatic heterocycles. The van der Waals surface area contributed by atoms with Gasteiger partial charge < -0.3 is 15.2 Å². The molecule has 7 heteroatoms. The number of ether oxygens (including phenoxy) is 1. The largest absolute Gasteiger partial charge is 0.481 e. The summed E-state index contributed by atoms with van der Waals surface area (Å²) in [5.74, 6) is -0.570. The van der Waals surface area contributed by atoms with Gasteiger partial charge >= 0.3 is 0 Å². The van der Waals surface area contributed by atoms with Crippen LogP contribution in [0.3, 0.4) is 0 Å². The number of nitrogens with one attached hydrogen (secondary N) is 1. The van der Waals surface area contributed by atoms with Crippen molar-refractivity contribution in [3.05, 3.63) is 48.0 Å². The lowest BCUT2D eigenvalue weighted by molar-refractivity contribution is -0.128. The van der Waals surface area contributed by atoms with Crippen molar-refractivity contribution >= 4 is 5.91 Å². The highest BCUT2D eigenvalue weighted by molar-refractivity contribution is 5.80. The normalized spacial score (nSPS) is 14.8. The number of aliphatic hydroxyl groups is 1. The molecule has 0 aliphatic carbocycles. The minimum absolute atomic E-state index is 0.00831. The minimum atomic E-state index is -1.25. The zero-order valence-corrected chi connectivity index (χ0v) is 13.3. The molecule has 2 aromatic rings. The molecule has 1 amide bonds. The molecule has 23 heavy (non-hydrogen) atoms. The van der Waals surface area contributed by atoms with E-state index in [2.05, 4.69) is 10.4 Å². The van der Waals surface area contributed by atoms with Crippen LogP contribution in [0.15, 0.2) is 36.7 Å². The number of amides is 1. The van der Waals surface area contributed by atoms with Crippen LogP contribution in [0.25, 0.3) is 0 Å². The van der Waals surface area contributed by atoms with E-state index in [1.54, 1.807) is 44.0 Å². The van der Waals surface area contributed by atoms with Gasteiger partial charge in [-0.25, -0.2) is 4.39 Å². The molecule has 1 aromatic heterocycles. The van der Waals surface area contributed by atoms with Crippen molar-refractivity contribution in [2.24, 2.45) is 7.05 Å². The topological polar surface area (TPSA) is 76.4 Å². The first-order valence-electron chi connectivity index (χ1n) is 7.19. The van der Waals surface area contributed by atoms with E-state index in [0.717, 1.165) is 0 Å². The molecule has 0 spiro atoms. The van der Waals surface area contributed by atoms with Gasteiger partial charge in [0.2, 0.25) is 0 Å². The molecule has 0 aliphatic rings. The lowest BCUT2D eigenvalue weighted by atomic mass is 10.00. The van der Waals surface area contributed by atoms with Gasteiger partial charge in [-0.05, 0) is 26.0 Å². The predicted molar refractivity (Wildman–Crippen MR) is 82.3 cm³/mol. The van der Waals surface area contributed by atoms with E-state index in [-0.39, 0.29) is 12.3 Å². The maximum absolute atomic E-state index is 13.1. The van der Waals surface area contributed by atoms with Gasteiger partial charge in [0, 0.05) is 24.9 Å². The number of nitrogens with zero attached hydrogens (tertiary/aromatic N) is 2. The van der Waals surface area contributed by atoms with Crippen LogP contribution in [0.1, 0.15) is 19.4 Å². The van der Waals surface area contributed by atoms with Crippen molar-refractivity contribution in [1.29, 1.82) is 0 Å². The molecule has 0 saturated heterocycles. The molecule has 124 valence electrons. The minimum Gasteiger partial charge on any atom is -0.481 e. The summed E-state index contributed by atoms with van der Waals surface area (Å²) in [5.41, 5.74) is -0.651. The second-order valence-corrected chi connectivity index (χ2v) is 5.61. The third kappa shape index (κ3) is 4.53. The number of carbonyl (C=O) groups is 1. The Labute approximate surface area is 133 Å².